The topological polar surface area (TPSA) is 0 Å². The molecule has 0 aromatic carbocycles. The van der Waals surface area contributed by atoms with Crippen molar-refractivity contribution < 1.29 is 0 Å². The number of hydrogen-bond acceptors (Lipinski definition) is 1. The van der Waals surface area contributed by atoms with E-state index in [0.29, 0.717) is 0 Å². The Kier molecular flexibility index (Phi) is 4.64. The van der Waals surface area contributed by atoms with Gasteiger partial charge in [-0.05, 0) is 48.0 Å². The van der Waals surface area contributed by atoms with Crippen LogP contribution in [-0.4, -0.2) is 11.5 Å². The van der Waals surface area contributed by atoms with Crippen molar-refractivity contribution in [3.05, 3.63) is 0 Å². The van der Waals surface area contributed by atoms with Gasteiger partial charge in [0, 0.05) is 0 Å². The van der Waals surface area contributed by atoms with Crippen molar-refractivity contribution in [3.8, 4) is 0 Å². The van der Waals surface area contributed by atoms with E-state index in [0.717, 1.165) is 23.7 Å². The van der Waals surface area contributed by atoms with Crippen molar-refractivity contribution in [1.82, 2.24) is 0 Å². The Bertz CT molecular complexity index is 124. The van der Waals surface area contributed by atoms with Crippen LogP contribution in [0.3, 0.4) is 0 Å². The van der Waals surface area contributed by atoms with Gasteiger partial charge in [-0.1, -0.05) is 27.7 Å². The van der Waals surface area contributed by atoms with Gasteiger partial charge in [-0.15, -0.1) is 0 Å². The number of hydrogen-bond donors (Lipinski definition) is 0. The second kappa shape index (κ2) is 5.29. The van der Waals surface area contributed by atoms with Crippen LogP contribution in [-0.2, 0) is 0 Å². The summed E-state index contributed by atoms with van der Waals surface area (Å²) < 4.78 is 0. The molecule has 0 bridgehead atoms. The molecule has 0 N–H and O–H groups in total. The van der Waals surface area contributed by atoms with E-state index in [4.69, 9.17) is 0 Å². The summed E-state index contributed by atoms with van der Waals surface area (Å²) in [4.78, 5) is 0. The van der Waals surface area contributed by atoms with Crippen molar-refractivity contribution in [2.24, 2.45) is 23.7 Å². The van der Waals surface area contributed by atoms with Gasteiger partial charge < -0.3 is 0 Å². The molecule has 0 aliphatic carbocycles. The fraction of sp³-hybridized carbons (Fsp3) is 1.00. The highest BCUT2D eigenvalue weighted by atomic mass is 32.2. The minimum Gasteiger partial charge on any atom is -0.162 e. The zero-order chi connectivity index (χ0) is 9.84. The number of thioether (sulfide) groups is 1. The average Bonchev–Trinajstić information content (AvgIpc) is 2.27. The van der Waals surface area contributed by atoms with E-state index in [1.165, 1.54) is 24.3 Å². The molecule has 2 unspecified atom stereocenters. The molecule has 0 amide bonds. The molecule has 0 radical (unpaired) electrons. The van der Waals surface area contributed by atoms with Gasteiger partial charge in [0.25, 0.3) is 0 Å². The number of rotatable bonds is 2. The largest absolute Gasteiger partial charge is 0.162 e. The van der Waals surface area contributed by atoms with Crippen LogP contribution in [0, 0.1) is 23.7 Å². The van der Waals surface area contributed by atoms with Crippen molar-refractivity contribution in [3.63, 3.8) is 0 Å². The first-order valence-corrected chi connectivity index (χ1v) is 6.86. The molecule has 78 valence electrons. The summed E-state index contributed by atoms with van der Waals surface area (Å²) in [6, 6.07) is 0. The lowest BCUT2D eigenvalue weighted by Crippen LogP contribution is -2.25. The Balaban J connectivity index is 2.61. The maximum Gasteiger partial charge on any atom is -0.00339 e. The first kappa shape index (κ1) is 11.4. The summed E-state index contributed by atoms with van der Waals surface area (Å²) in [6.45, 7) is 9.59. The minimum atomic E-state index is 0.873. The van der Waals surface area contributed by atoms with Gasteiger partial charge in [0.15, 0.2) is 0 Å². The van der Waals surface area contributed by atoms with Crippen LogP contribution in [0.25, 0.3) is 0 Å². The van der Waals surface area contributed by atoms with E-state index in [2.05, 4.69) is 39.5 Å². The summed E-state index contributed by atoms with van der Waals surface area (Å²) in [5.41, 5.74) is 0. The maximum absolute atomic E-state index is 2.40. The van der Waals surface area contributed by atoms with Gasteiger partial charge in [-0.3, -0.25) is 0 Å². The Labute approximate surface area is 87.9 Å². The molecule has 2 atom stereocenters. The van der Waals surface area contributed by atoms with E-state index in [-0.39, 0.29) is 0 Å². The third kappa shape index (κ3) is 3.19. The highest BCUT2D eigenvalue weighted by Crippen LogP contribution is 2.36. The molecule has 0 saturated carbocycles. The lowest BCUT2D eigenvalue weighted by Gasteiger charge is -2.31. The third-order valence-corrected chi connectivity index (χ3v) is 4.60. The summed E-state index contributed by atoms with van der Waals surface area (Å²) in [7, 11) is 0. The fourth-order valence-corrected chi connectivity index (χ4v) is 3.93. The minimum absolute atomic E-state index is 0.873. The van der Waals surface area contributed by atoms with Crippen LogP contribution in [0.15, 0.2) is 0 Å². The Hall–Kier alpha value is 0.350. The van der Waals surface area contributed by atoms with Crippen LogP contribution in [0.4, 0.5) is 0 Å². The highest BCUT2D eigenvalue weighted by molar-refractivity contribution is 7.99. The van der Waals surface area contributed by atoms with Crippen molar-refractivity contribution in [2.45, 2.75) is 40.5 Å². The maximum atomic E-state index is 2.40. The predicted octanol–water partition coefficient (Wildman–Crippen LogP) is 4.06. The van der Waals surface area contributed by atoms with Crippen LogP contribution in [0.5, 0.6) is 0 Å². The van der Waals surface area contributed by atoms with Crippen LogP contribution >= 0.6 is 11.8 Å². The molecule has 0 aromatic heterocycles. The Morgan fingerprint density at radius 2 is 1.62 bits per heavy atom. The molecular formula is C12H24S. The highest BCUT2D eigenvalue weighted by Gasteiger charge is 2.28. The fourth-order valence-electron chi connectivity index (χ4n) is 2.49. The van der Waals surface area contributed by atoms with Crippen LogP contribution < -0.4 is 0 Å². The van der Waals surface area contributed by atoms with Gasteiger partial charge in [-0.2, -0.15) is 11.8 Å². The van der Waals surface area contributed by atoms with Crippen LogP contribution in [0.1, 0.15) is 40.5 Å². The van der Waals surface area contributed by atoms with Gasteiger partial charge >= 0.3 is 0 Å². The second-order valence-electron chi connectivity index (χ2n) is 5.03. The first-order chi connectivity index (χ1) is 6.13. The lowest BCUT2D eigenvalue weighted by atomic mass is 9.76. The monoisotopic (exact) mass is 200 g/mol. The van der Waals surface area contributed by atoms with Gasteiger partial charge in [0.1, 0.15) is 0 Å². The molecule has 1 rings (SSSR count). The molecule has 1 heterocycles. The van der Waals surface area contributed by atoms with Crippen molar-refractivity contribution in [1.29, 1.82) is 0 Å². The SMILES string of the molecule is CC(C)C1CCCSCC1C(C)C. The molecule has 1 aliphatic heterocycles. The van der Waals surface area contributed by atoms with E-state index >= 15 is 0 Å². The van der Waals surface area contributed by atoms with Crippen molar-refractivity contribution >= 4 is 11.8 Å². The smallest absolute Gasteiger partial charge is 0.00339 e. The standard InChI is InChI=1S/C12H24S/c1-9(2)11-6-5-7-13-8-12(11)10(3)4/h9-12H,5-8H2,1-4H3. The van der Waals surface area contributed by atoms with E-state index < -0.39 is 0 Å². The zero-order valence-electron chi connectivity index (χ0n) is 9.55. The summed E-state index contributed by atoms with van der Waals surface area (Å²) >= 11 is 2.17. The van der Waals surface area contributed by atoms with Gasteiger partial charge in [0.2, 0.25) is 0 Å². The molecule has 1 aliphatic rings. The van der Waals surface area contributed by atoms with Crippen molar-refractivity contribution in [2.75, 3.05) is 11.5 Å². The molecule has 1 heteroatoms. The van der Waals surface area contributed by atoms with Gasteiger partial charge in [-0.25, -0.2) is 0 Å². The summed E-state index contributed by atoms with van der Waals surface area (Å²) in [5, 5.41) is 0. The molecule has 1 fully saturated rings. The second-order valence-corrected chi connectivity index (χ2v) is 6.18. The van der Waals surface area contributed by atoms with E-state index in [1.807, 2.05) is 0 Å². The molecule has 1 saturated heterocycles. The average molecular weight is 200 g/mol. The molecule has 0 spiro atoms. The molecule has 0 nitrogen and oxygen atoms in total. The zero-order valence-corrected chi connectivity index (χ0v) is 10.4. The Morgan fingerprint density at radius 3 is 2.15 bits per heavy atom. The van der Waals surface area contributed by atoms with Gasteiger partial charge in [0.05, 0.1) is 0 Å². The van der Waals surface area contributed by atoms with E-state index in [1.54, 1.807) is 0 Å². The molecule has 13 heavy (non-hydrogen) atoms. The summed E-state index contributed by atoms with van der Waals surface area (Å²) in [5.74, 6) is 6.50. The normalized spacial score (nSPS) is 30.9. The van der Waals surface area contributed by atoms with Crippen LogP contribution in [0.2, 0.25) is 0 Å². The quantitative estimate of drug-likeness (QED) is 0.648. The van der Waals surface area contributed by atoms with E-state index in [9.17, 15) is 0 Å². The third-order valence-electron chi connectivity index (χ3n) is 3.40. The predicted molar refractivity (Wildman–Crippen MR) is 63.2 cm³/mol. The molecular weight excluding hydrogens is 176 g/mol. The lowest BCUT2D eigenvalue weighted by molar-refractivity contribution is 0.208. The summed E-state index contributed by atoms with van der Waals surface area (Å²) in [6.07, 6.45) is 2.91. The first-order valence-electron chi connectivity index (χ1n) is 5.70. The Morgan fingerprint density at radius 1 is 1.00 bits per heavy atom. The molecule has 0 aromatic rings.